The van der Waals surface area contributed by atoms with Gasteiger partial charge in [-0.2, -0.15) is 4.99 Å². The normalized spacial score (nSPS) is 16.5. The minimum atomic E-state index is -0.625. The zero-order valence-corrected chi connectivity index (χ0v) is 17.6. The van der Waals surface area contributed by atoms with Gasteiger partial charge in [-0.15, -0.1) is 11.8 Å². The summed E-state index contributed by atoms with van der Waals surface area (Å²) >= 11 is 1.38. The molecule has 3 rings (SSSR count). The number of nitro groups is 1. The van der Waals surface area contributed by atoms with Crippen molar-refractivity contribution >= 4 is 28.6 Å². The van der Waals surface area contributed by atoms with Crippen molar-refractivity contribution in [1.82, 2.24) is 0 Å². The Morgan fingerprint density at radius 2 is 1.59 bits per heavy atom. The van der Waals surface area contributed by atoms with Crippen LogP contribution in [0, 0.1) is 73.8 Å². The van der Waals surface area contributed by atoms with E-state index in [1.807, 2.05) is 57.8 Å². The van der Waals surface area contributed by atoms with Crippen molar-refractivity contribution in [3.05, 3.63) is 104 Å². The first-order valence-electron chi connectivity index (χ1n) is 8.60. The molecule has 1 aromatic rings. The molecule has 0 heterocycles. The van der Waals surface area contributed by atoms with Crippen LogP contribution in [0.2, 0.25) is 0 Å². The number of carbonyl (C=O) groups excluding carboxylic acids is 1. The summed E-state index contributed by atoms with van der Waals surface area (Å²) in [5.74, 6) is 1.38. The number of hydrogen-bond donors (Lipinski definition) is 0. The Balaban J connectivity index is 0.000000610. The molecular weight excluding hydrogens is 432 g/mol. The average molecular weight is 452 g/mol. The van der Waals surface area contributed by atoms with E-state index in [4.69, 9.17) is 4.74 Å². The van der Waals surface area contributed by atoms with Crippen molar-refractivity contribution in [2.24, 2.45) is 4.99 Å². The number of non-ortho nitro benzene ring substituents is 1. The molecule has 0 unspecified atom stereocenters. The predicted octanol–water partition coefficient (Wildman–Crippen LogP) is 4.81. The summed E-state index contributed by atoms with van der Waals surface area (Å²) in [6.45, 7) is 1.99. The van der Waals surface area contributed by atoms with Gasteiger partial charge in [0.15, 0.2) is 0 Å². The number of ether oxygens (including phenoxy) is 1. The third kappa shape index (κ3) is 9.79. The number of rotatable bonds is 5. The fourth-order valence-corrected chi connectivity index (χ4v) is 3.06. The molecule has 1 amide bonds. The van der Waals surface area contributed by atoms with Gasteiger partial charge in [-0.3, -0.25) is 10.1 Å². The molecule has 2 aliphatic rings. The Hall–Kier alpha value is -1.37. The Bertz CT molecular complexity index is 650. The van der Waals surface area contributed by atoms with Crippen molar-refractivity contribution in [3.63, 3.8) is 0 Å². The van der Waals surface area contributed by atoms with Gasteiger partial charge >= 0.3 is 6.09 Å². The number of amides is 1. The Kier molecular flexibility index (Phi) is 12.9. The molecule has 29 heavy (non-hydrogen) atoms. The van der Waals surface area contributed by atoms with Crippen LogP contribution in [0.15, 0.2) is 29.3 Å². The van der Waals surface area contributed by atoms with Crippen molar-refractivity contribution in [2.45, 2.75) is 12.7 Å². The van der Waals surface area contributed by atoms with Crippen LogP contribution in [0.4, 0.5) is 10.5 Å². The Morgan fingerprint density at radius 1 is 1.03 bits per heavy atom. The van der Waals surface area contributed by atoms with Gasteiger partial charge in [-0.1, -0.05) is 12.1 Å². The molecular formula is C21H20FeN2O4S. The van der Waals surface area contributed by atoms with E-state index in [2.05, 4.69) is 4.99 Å². The molecule has 2 saturated carbocycles. The molecule has 10 radical (unpaired) electrons. The van der Waals surface area contributed by atoms with Crippen LogP contribution >= 0.6 is 11.8 Å². The van der Waals surface area contributed by atoms with E-state index in [-0.39, 0.29) is 29.4 Å². The maximum absolute atomic E-state index is 11.6. The number of hydrogen-bond acceptors (Lipinski definition) is 5. The molecule has 0 aliphatic heterocycles. The number of nitrogens with zero attached hydrogens (tertiary/aromatic N) is 2. The van der Waals surface area contributed by atoms with Crippen molar-refractivity contribution in [3.8, 4) is 0 Å². The zero-order valence-electron chi connectivity index (χ0n) is 15.7. The van der Waals surface area contributed by atoms with Crippen LogP contribution in [-0.2, 0) is 27.6 Å². The SMILES string of the molecule is CCOC(=O)/N=C(\SCc1ccc([N+](=O)[O-])cc1)[C]1[CH][CH][CH][CH]1.[CH]1[CH][CH][CH][CH]1.[Fe]. The van der Waals surface area contributed by atoms with Gasteiger partial charge in [0.2, 0.25) is 0 Å². The predicted molar refractivity (Wildman–Crippen MR) is 111 cm³/mol. The van der Waals surface area contributed by atoms with Gasteiger partial charge in [0.1, 0.15) is 0 Å². The minimum Gasteiger partial charge on any atom is -0.448 e. The van der Waals surface area contributed by atoms with Crippen molar-refractivity contribution in [2.75, 3.05) is 6.61 Å². The summed E-state index contributed by atoms with van der Waals surface area (Å²) in [6, 6.07) is 6.30. The first kappa shape index (κ1) is 25.7. The van der Waals surface area contributed by atoms with Crippen LogP contribution in [0.3, 0.4) is 0 Å². The fourth-order valence-electron chi connectivity index (χ4n) is 2.12. The van der Waals surface area contributed by atoms with Gasteiger partial charge < -0.3 is 4.74 Å². The van der Waals surface area contributed by atoms with Gasteiger partial charge in [0.25, 0.3) is 5.69 Å². The minimum absolute atomic E-state index is 0. The maximum atomic E-state index is 11.6. The van der Waals surface area contributed by atoms with Crippen LogP contribution < -0.4 is 0 Å². The smallest absolute Gasteiger partial charge is 0.434 e. The van der Waals surface area contributed by atoms with E-state index in [1.165, 1.54) is 23.9 Å². The van der Waals surface area contributed by atoms with Gasteiger partial charge in [-0.25, -0.2) is 4.79 Å². The maximum Gasteiger partial charge on any atom is 0.434 e. The molecule has 152 valence electrons. The Labute approximate surface area is 187 Å². The monoisotopic (exact) mass is 452 g/mol. The quantitative estimate of drug-likeness (QED) is 0.211. The van der Waals surface area contributed by atoms with E-state index in [1.54, 1.807) is 19.1 Å². The molecule has 6 nitrogen and oxygen atoms in total. The zero-order chi connectivity index (χ0) is 20.2. The molecule has 0 aromatic heterocycles. The number of nitro benzene ring substituents is 1. The van der Waals surface area contributed by atoms with E-state index < -0.39 is 11.0 Å². The van der Waals surface area contributed by atoms with Crippen LogP contribution in [0.5, 0.6) is 0 Å². The molecule has 8 heteroatoms. The molecule has 0 saturated heterocycles. The molecule has 1 aromatic carbocycles. The number of benzene rings is 1. The van der Waals surface area contributed by atoms with Crippen molar-refractivity contribution < 1.29 is 31.5 Å². The molecule has 0 spiro atoms. The second kappa shape index (κ2) is 14.6. The first-order chi connectivity index (χ1) is 13.6. The van der Waals surface area contributed by atoms with Gasteiger partial charge in [-0.05, 0) is 70.3 Å². The molecule has 0 N–H and O–H groups in total. The summed E-state index contributed by atoms with van der Waals surface area (Å²) in [7, 11) is 0. The summed E-state index contributed by atoms with van der Waals surface area (Å²) in [5, 5.41) is 11.2. The molecule has 0 atom stereocenters. The number of carbonyl (C=O) groups is 1. The average Bonchev–Trinajstić information content (AvgIpc) is 3.42. The Morgan fingerprint density at radius 3 is 2.07 bits per heavy atom. The van der Waals surface area contributed by atoms with Crippen LogP contribution in [-0.4, -0.2) is 22.7 Å². The summed E-state index contributed by atoms with van der Waals surface area (Å²) < 4.78 is 4.85. The summed E-state index contributed by atoms with van der Waals surface area (Å²) in [4.78, 5) is 25.8. The summed E-state index contributed by atoms with van der Waals surface area (Å²) in [6.07, 6.45) is 16.8. The second-order valence-electron chi connectivity index (χ2n) is 5.46. The fraction of sp³-hybridized carbons (Fsp3) is 0.143. The van der Waals surface area contributed by atoms with Gasteiger partial charge in [0.05, 0.1) is 16.6 Å². The third-order valence-electron chi connectivity index (χ3n) is 3.45. The standard InChI is InChI=1S/C16H15N2O4S.C5H5.Fe/c1-2-22-16(19)17-15(13-5-3-4-6-13)23-11-12-7-9-14(10-8-12)18(20)21;1-2-4-5-3-1;/h3-10H,2,11H2,1H3;1-5H;/b17-15-;;. The largest absolute Gasteiger partial charge is 0.448 e. The molecule has 0 bridgehead atoms. The number of aliphatic imine (C=N–C) groups is 1. The third-order valence-corrected chi connectivity index (χ3v) is 4.53. The topological polar surface area (TPSA) is 81.8 Å². The molecule has 2 aliphatic carbocycles. The summed E-state index contributed by atoms with van der Waals surface area (Å²) in [5.41, 5.74) is 0.957. The van der Waals surface area contributed by atoms with E-state index >= 15 is 0 Å². The van der Waals surface area contributed by atoms with Crippen molar-refractivity contribution in [1.29, 1.82) is 0 Å². The van der Waals surface area contributed by atoms with Gasteiger partial charge in [0, 0.05) is 40.9 Å². The number of thioether (sulfide) groups is 1. The first-order valence-corrected chi connectivity index (χ1v) is 9.59. The second-order valence-corrected chi connectivity index (χ2v) is 6.43. The molecule has 2 fully saturated rings. The van der Waals surface area contributed by atoms with E-state index in [0.717, 1.165) is 11.5 Å². The van der Waals surface area contributed by atoms with E-state index in [9.17, 15) is 14.9 Å². The van der Waals surface area contributed by atoms with Crippen LogP contribution in [0.1, 0.15) is 12.5 Å². The van der Waals surface area contributed by atoms with E-state index in [0.29, 0.717) is 10.8 Å². The van der Waals surface area contributed by atoms with Crippen LogP contribution in [0.25, 0.3) is 0 Å².